The monoisotopic (exact) mass is 427 g/mol. The van der Waals surface area contributed by atoms with E-state index in [1.54, 1.807) is 0 Å². The molecular formula is C15H16BrF4N2OS+. The van der Waals surface area contributed by atoms with Crippen molar-refractivity contribution in [1.29, 1.82) is 0 Å². The van der Waals surface area contributed by atoms with E-state index in [1.165, 1.54) is 16.7 Å². The number of benzene rings is 1. The van der Waals surface area contributed by atoms with Crippen molar-refractivity contribution < 1.29 is 22.3 Å². The Hall–Kier alpha value is -1.06. The molecule has 0 saturated heterocycles. The van der Waals surface area contributed by atoms with E-state index < -0.39 is 17.7 Å². The lowest BCUT2D eigenvalue weighted by atomic mass is 10.2. The van der Waals surface area contributed by atoms with Crippen LogP contribution in [0.3, 0.4) is 0 Å². The largest absolute Gasteiger partial charge is 0.434 e. The first-order chi connectivity index (χ1) is 11.2. The van der Waals surface area contributed by atoms with Gasteiger partial charge >= 0.3 is 6.18 Å². The number of ether oxygens (including phenoxy) is 1. The van der Waals surface area contributed by atoms with Gasteiger partial charge in [0.15, 0.2) is 5.69 Å². The van der Waals surface area contributed by atoms with Crippen molar-refractivity contribution >= 4 is 26.8 Å². The van der Waals surface area contributed by atoms with Crippen LogP contribution in [0.4, 0.5) is 17.6 Å². The van der Waals surface area contributed by atoms with Crippen molar-refractivity contribution in [3.63, 3.8) is 0 Å². The van der Waals surface area contributed by atoms with Gasteiger partial charge in [-0.3, -0.25) is 0 Å². The van der Waals surface area contributed by atoms with Gasteiger partial charge in [0.1, 0.15) is 24.1 Å². The van der Waals surface area contributed by atoms with Gasteiger partial charge in [-0.25, -0.2) is 9.37 Å². The molecule has 0 aliphatic heterocycles. The van der Waals surface area contributed by atoms with Gasteiger partial charge in [0.25, 0.3) is 0 Å². The highest BCUT2D eigenvalue weighted by Gasteiger charge is 2.35. The molecule has 0 amide bonds. The quantitative estimate of drug-likeness (QED) is 0.389. The van der Waals surface area contributed by atoms with Gasteiger partial charge in [-0.05, 0) is 45.0 Å². The number of imidazole rings is 1. The molecule has 1 heterocycles. The molecule has 0 aliphatic rings. The molecule has 0 N–H and O–H groups in total. The highest BCUT2D eigenvalue weighted by Crippen LogP contribution is 2.32. The summed E-state index contributed by atoms with van der Waals surface area (Å²) in [7, 11) is 0.186. The van der Waals surface area contributed by atoms with Crippen LogP contribution >= 0.6 is 15.9 Å². The molecule has 0 unspecified atom stereocenters. The molecule has 9 heteroatoms. The van der Waals surface area contributed by atoms with Gasteiger partial charge in [0.2, 0.25) is 0 Å². The maximum atomic E-state index is 13.7. The van der Waals surface area contributed by atoms with E-state index in [2.05, 4.69) is 33.4 Å². The molecule has 1 aromatic carbocycles. The lowest BCUT2D eigenvalue weighted by Gasteiger charge is -2.08. The summed E-state index contributed by atoms with van der Waals surface area (Å²) < 4.78 is 59.4. The second kappa shape index (κ2) is 7.88. The third kappa shape index (κ3) is 4.97. The number of aromatic nitrogens is 2. The first-order valence-corrected chi connectivity index (χ1v) is 9.90. The van der Waals surface area contributed by atoms with Gasteiger partial charge < -0.3 is 9.30 Å². The second-order valence-electron chi connectivity index (χ2n) is 5.27. The molecule has 0 aliphatic carbocycles. The topological polar surface area (TPSA) is 27.1 Å². The summed E-state index contributed by atoms with van der Waals surface area (Å²) in [6, 6.07) is 4.07. The smallest absolute Gasteiger partial charge is 0.356 e. The zero-order chi connectivity index (χ0) is 17.9. The van der Waals surface area contributed by atoms with Crippen molar-refractivity contribution in [1.82, 2.24) is 9.55 Å². The van der Waals surface area contributed by atoms with Crippen LogP contribution in [-0.4, -0.2) is 34.4 Å². The third-order valence-corrected chi connectivity index (χ3v) is 4.74. The van der Waals surface area contributed by atoms with Crippen LogP contribution in [0.25, 0.3) is 11.4 Å². The average molecular weight is 428 g/mol. The predicted octanol–water partition coefficient (Wildman–Crippen LogP) is 4.32. The third-order valence-electron chi connectivity index (χ3n) is 3.11. The van der Waals surface area contributed by atoms with Crippen LogP contribution in [0.1, 0.15) is 5.69 Å². The van der Waals surface area contributed by atoms with Gasteiger partial charge in [-0.2, -0.15) is 13.2 Å². The van der Waals surface area contributed by atoms with Crippen LogP contribution < -0.4 is 0 Å². The molecule has 1 aromatic heterocycles. The summed E-state index contributed by atoms with van der Waals surface area (Å²) >= 11 is 3.02. The summed E-state index contributed by atoms with van der Waals surface area (Å²) in [6.45, 7) is 0.358. The van der Waals surface area contributed by atoms with E-state index in [1.807, 2.05) is 0 Å². The number of alkyl halides is 3. The van der Waals surface area contributed by atoms with Crippen LogP contribution in [-0.2, 0) is 28.5 Å². The predicted molar refractivity (Wildman–Crippen MR) is 90.4 cm³/mol. The summed E-state index contributed by atoms with van der Waals surface area (Å²) in [5.74, 6) is 0.265. The molecule has 0 fully saturated rings. The molecule has 0 radical (unpaired) electrons. The minimum atomic E-state index is -4.58. The van der Waals surface area contributed by atoms with Gasteiger partial charge in [-0.15, -0.1) is 0 Å². The lowest BCUT2D eigenvalue weighted by Crippen LogP contribution is -2.12. The summed E-state index contributed by atoms with van der Waals surface area (Å²) in [5, 5.41) is 0. The minimum Gasteiger partial charge on any atom is -0.356 e. The van der Waals surface area contributed by atoms with Crippen LogP contribution in [0.2, 0.25) is 0 Å². The first kappa shape index (κ1) is 19.3. The number of halogens is 5. The Morgan fingerprint density at radius 2 is 2.00 bits per heavy atom. The standard InChI is InChI=1S/C15H16BrF4N2OS/c1-24(2)6-5-23-9-22-8-13(15(18,19)20)21-14(22)10-3-4-11(16)12(17)7-10/h3-4,7-8H,5-6,9H2,1-2H3/q+1. The fourth-order valence-corrected chi connectivity index (χ4v) is 2.60. The van der Waals surface area contributed by atoms with E-state index >= 15 is 0 Å². The van der Waals surface area contributed by atoms with Crippen LogP contribution in [0.15, 0.2) is 28.9 Å². The molecule has 3 nitrogen and oxygen atoms in total. The van der Waals surface area contributed by atoms with Crippen molar-refractivity contribution in [3.8, 4) is 11.4 Å². The zero-order valence-corrected chi connectivity index (χ0v) is 15.4. The highest BCUT2D eigenvalue weighted by molar-refractivity contribution is 9.10. The fraction of sp³-hybridized carbons (Fsp3) is 0.400. The molecule has 2 aromatic rings. The van der Waals surface area contributed by atoms with E-state index in [9.17, 15) is 17.6 Å². The van der Waals surface area contributed by atoms with Crippen LogP contribution in [0.5, 0.6) is 0 Å². The molecule has 24 heavy (non-hydrogen) atoms. The fourth-order valence-electron chi connectivity index (χ4n) is 1.91. The Labute approximate surface area is 148 Å². The van der Waals surface area contributed by atoms with E-state index in [0.29, 0.717) is 6.61 Å². The van der Waals surface area contributed by atoms with Gasteiger partial charge in [0.05, 0.1) is 23.6 Å². The molecule has 0 saturated carbocycles. The molecule has 0 atom stereocenters. The normalized spacial score (nSPS) is 12.2. The summed E-state index contributed by atoms with van der Waals surface area (Å²) in [4.78, 5) is 3.61. The van der Waals surface area contributed by atoms with E-state index in [0.717, 1.165) is 18.0 Å². The number of hydrogen-bond acceptors (Lipinski definition) is 2. The Balaban J connectivity index is 2.30. The van der Waals surface area contributed by atoms with Crippen molar-refractivity contribution in [2.24, 2.45) is 0 Å². The van der Waals surface area contributed by atoms with Crippen LogP contribution in [0, 0.1) is 5.82 Å². The maximum Gasteiger partial charge on any atom is 0.434 e. The molecule has 0 spiro atoms. The average Bonchev–Trinajstić information content (AvgIpc) is 2.90. The Bertz CT molecular complexity index is 703. The number of hydrogen-bond donors (Lipinski definition) is 0. The Morgan fingerprint density at radius 3 is 2.58 bits per heavy atom. The minimum absolute atomic E-state index is 0.0146. The molecule has 2 rings (SSSR count). The number of nitrogens with zero attached hydrogens (tertiary/aromatic N) is 2. The summed E-state index contributed by atoms with van der Waals surface area (Å²) in [5.41, 5.74) is -0.782. The second-order valence-corrected chi connectivity index (χ2v) is 8.51. The van der Waals surface area contributed by atoms with Crippen molar-refractivity contribution in [2.75, 3.05) is 24.9 Å². The van der Waals surface area contributed by atoms with Crippen molar-refractivity contribution in [2.45, 2.75) is 12.9 Å². The summed E-state index contributed by atoms with van der Waals surface area (Å²) in [6.07, 6.45) is 0.414. The molecule has 132 valence electrons. The maximum absolute atomic E-state index is 13.7. The lowest BCUT2D eigenvalue weighted by molar-refractivity contribution is -0.141. The van der Waals surface area contributed by atoms with E-state index in [-0.39, 0.29) is 33.5 Å². The van der Waals surface area contributed by atoms with Gasteiger partial charge in [-0.1, -0.05) is 0 Å². The van der Waals surface area contributed by atoms with Gasteiger partial charge in [0, 0.05) is 11.8 Å². The molecule has 0 bridgehead atoms. The SMILES string of the molecule is C[S+](C)CCOCn1cc(C(F)(F)F)nc1-c1ccc(Br)c(F)c1. The Morgan fingerprint density at radius 1 is 1.29 bits per heavy atom. The van der Waals surface area contributed by atoms with E-state index in [4.69, 9.17) is 4.74 Å². The Kier molecular flexibility index (Phi) is 6.33. The number of rotatable bonds is 6. The zero-order valence-electron chi connectivity index (χ0n) is 13.0. The first-order valence-electron chi connectivity index (χ1n) is 6.90. The molecular weight excluding hydrogens is 412 g/mol. The van der Waals surface area contributed by atoms with Crippen molar-refractivity contribution in [3.05, 3.63) is 40.4 Å². The highest BCUT2D eigenvalue weighted by atomic mass is 79.9.